The Morgan fingerprint density at radius 3 is 2.25 bits per heavy atom. The molecule has 0 unspecified atom stereocenters. The predicted octanol–water partition coefficient (Wildman–Crippen LogP) is 2.84. The largest absolute Gasteiger partial charge is 0.419 e. The van der Waals surface area contributed by atoms with Crippen LogP contribution < -0.4 is 0 Å². The molecule has 0 aromatic heterocycles. The van der Waals surface area contributed by atoms with Crippen LogP contribution in [-0.4, -0.2) is 17.7 Å². The van der Waals surface area contributed by atoms with Gasteiger partial charge in [-0.1, -0.05) is 11.6 Å². The number of benzene rings is 1. The van der Waals surface area contributed by atoms with Crippen LogP contribution in [0, 0.1) is 11.6 Å². The quantitative estimate of drug-likeness (QED) is 0.346. The summed E-state index contributed by atoms with van der Waals surface area (Å²) in [5.74, 6) is -5.31. The number of hydrogen-bond donors (Lipinski definition) is 0. The Balaban J connectivity index is 2.44. The minimum atomic E-state index is -1.38. The molecule has 1 aromatic rings. The highest BCUT2D eigenvalue weighted by atomic mass is 35.5. The first kappa shape index (κ1) is 14.5. The van der Waals surface area contributed by atoms with E-state index in [9.17, 15) is 18.4 Å². The van der Waals surface area contributed by atoms with E-state index in [0.29, 0.717) is 0 Å². The standard InChI is InChI=1S/C13H9ClF2O4/c1-13(2)19-11(17)7(12(18)20-13)5-6-3-4-8(15)9(14)10(6)16/h3-5H,1-2H3. The van der Waals surface area contributed by atoms with E-state index in [-0.39, 0.29) is 5.56 Å². The molecule has 0 spiro atoms. The normalized spacial score (nSPS) is 17.6. The molecule has 0 amide bonds. The molecule has 1 aliphatic rings. The van der Waals surface area contributed by atoms with Gasteiger partial charge in [0.15, 0.2) is 5.82 Å². The van der Waals surface area contributed by atoms with E-state index in [0.717, 1.165) is 18.2 Å². The summed E-state index contributed by atoms with van der Waals surface area (Å²) in [6.07, 6.45) is 0.903. The second kappa shape index (κ2) is 4.86. The molecule has 7 heteroatoms. The second-order valence-electron chi connectivity index (χ2n) is 4.50. The van der Waals surface area contributed by atoms with Gasteiger partial charge in [-0.15, -0.1) is 0 Å². The van der Waals surface area contributed by atoms with Gasteiger partial charge in [-0.05, 0) is 18.2 Å². The minimum Gasteiger partial charge on any atom is -0.419 e. The van der Waals surface area contributed by atoms with Crippen LogP contribution in [0.5, 0.6) is 0 Å². The number of esters is 2. The first-order valence-electron chi connectivity index (χ1n) is 5.53. The summed E-state index contributed by atoms with van der Waals surface area (Å²) < 4.78 is 36.4. The van der Waals surface area contributed by atoms with Crippen molar-refractivity contribution in [1.82, 2.24) is 0 Å². The molecule has 0 saturated carbocycles. The summed E-state index contributed by atoms with van der Waals surface area (Å²) in [5.41, 5.74) is -0.717. The van der Waals surface area contributed by atoms with Crippen molar-refractivity contribution in [1.29, 1.82) is 0 Å². The van der Waals surface area contributed by atoms with Crippen molar-refractivity contribution in [3.05, 3.63) is 39.9 Å². The smallest absolute Gasteiger partial charge is 0.348 e. The molecule has 1 fully saturated rings. The average Bonchev–Trinajstić information content (AvgIpc) is 2.32. The Hall–Kier alpha value is -1.95. The Bertz CT molecular complexity index is 616. The lowest BCUT2D eigenvalue weighted by Crippen LogP contribution is -2.41. The lowest BCUT2D eigenvalue weighted by molar-refractivity contribution is -0.222. The molecule has 1 saturated heterocycles. The molecule has 20 heavy (non-hydrogen) atoms. The van der Waals surface area contributed by atoms with E-state index in [1.165, 1.54) is 13.8 Å². The summed E-state index contributed by atoms with van der Waals surface area (Å²) >= 11 is 5.41. The van der Waals surface area contributed by atoms with Gasteiger partial charge in [-0.2, -0.15) is 0 Å². The highest BCUT2D eigenvalue weighted by Crippen LogP contribution is 2.27. The summed E-state index contributed by atoms with van der Waals surface area (Å²) in [4.78, 5) is 23.3. The van der Waals surface area contributed by atoms with Gasteiger partial charge in [0.05, 0.1) is 0 Å². The minimum absolute atomic E-state index is 0.222. The van der Waals surface area contributed by atoms with Crippen LogP contribution in [0.25, 0.3) is 6.08 Å². The number of carbonyl (C=O) groups excluding carboxylic acids is 2. The van der Waals surface area contributed by atoms with Crippen molar-refractivity contribution in [3.8, 4) is 0 Å². The van der Waals surface area contributed by atoms with E-state index in [4.69, 9.17) is 21.1 Å². The first-order valence-corrected chi connectivity index (χ1v) is 5.91. The van der Waals surface area contributed by atoms with Gasteiger partial charge in [-0.25, -0.2) is 18.4 Å². The number of carbonyl (C=O) groups is 2. The number of hydrogen-bond acceptors (Lipinski definition) is 4. The number of rotatable bonds is 1. The van der Waals surface area contributed by atoms with Crippen LogP contribution in [-0.2, 0) is 19.1 Å². The van der Waals surface area contributed by atoms with Crippen LogP contribution in [0.3, 0.4) is 0 Å². The first-order chi connectivity index (χ1) is 9.21. The van der Waals surface area contributed by atoms with E-state index in [2.05, 4.69) is 0 Å². The van der Waals surface area contributed by atoms with Gasteiger partial charge in [-0.3, -0.25) is 0 Å². The van der Waals surface area contributed by atoms with Crippen molar-refractivity contribution < 1.29 is 27.8 Å². The number of ether oxygens (including phenoxy) is 2. The Morgan fingerprint density at radius 1 is 1.15 bits per heavy atom. The fourth-order valence-electron chi connectivity index (χ4n) is 1.59. The molecule has 1 heterocycles. The monoisotopic (exact) mass is 302 g/mol. The van der Waals surface area contributed by atoms with Crippen molar-refractivity contribution >= 4 is 29.6 Å². The third-order valence-corrected chi connectivity index (χ3v) is 2.83. The van der Waals surface area contributed by atoms with Crippen molar-refractivity contribution in [3.63, 3.8) is 0 Å². The summed E-state index contributed by atoms with van der Waals surface area (Å²) in [6.45, 7) is 2.77. The van der Waals surface area contributed by atoms with Crippen LogP contribution in [0.2, 0.25) is 5.02 Å². The molecule has 0 bridgehead atoms. The lowest BCUT2D eigenvalue weighted by Gasteiger charge is -2.29. The van der Waals surface area contributed by atoms with Gasteiger partial charge in [0.2, 0.25) is 0 Å². The topological polar surface area (TPSA) is 52.6 Å². The average molecular weight is 303 g/mol. The van der Waals surface area contributed by atoms with Crippen molar-refractivity contribution in [2.45, 2.75) is 19.6 Å². The van der Waals surface area contributed by atoms with Gasteiger partial charge in [0, 0.05) is 19.4 Å². The summed E-state index contributed by atoms with van der Waals surface area (Å²) in [7, 11) is 0. The van der Waals surface area contributed by atoms with Crippen LogP contribution in [0.1, 0.15) is 19.4 Å². The van der Waals surface area contributed by atoms with Crippen LogP contribution in [0.4, 0.5) is 8.78 Å². The fourth-order valence-corrected chi connectivity index (χ4v) is 1.76. The maximum Gasteiger partial charge on any atom is 0.348 e. The third kappa shape index (κ3) is 2.65. The molecule has 1 aromatic carbocycles. The second-order valence-corrected chi connectivity index (χ2v) is 4.88. The van der Waals surface area contributed by atoms with Gasteiger partial charge < -0.3 is 9.47 Å². The maximum absolute atomic E-state index is 13.7. The van der Waals surface area contributed by atoms with Crippen LogP contribution in [0.15, 0.2) is 17.7 Å². The molecular weight excluding hydrogens is 294 g/mol. The SMILES string of the molecule is CC1(C)OC(=O)C(=Cc2ccc(F)c(Cl)c2F)C(=O)O1. The predicted molar refractivity (Wildman–Crippen MR) is 65.6 cm³/mol. The number of cyclic esters (lactones) is 2. The van der Waals surface area contributed by atoms with Crippen molar-refractivity contribution in [2.75, 3.05) is 0 Å². The van der Waals surface area contributed by atoms with Gasteiger partial charge >= 0.3 is 11.9 Å². The zero-order valence-corrected chi connectivity index (χ0v) is 11.3. The zero-order chi connectivity index (χ0) is 15.1. The summed E-state index contributed by atoms with van der Waals surface area (Å²) in [6, 6.07) is 1.96. The van der Waals surface area contributed by atoms with Gasteiger partial charge in [0.25, 0.3) is 5.79 Å². The van der Waals surface area contributed by atoms with Crippen molar-refractivity contribution in [2.24, 2.45) is 0 Å². The van der Waals surface area contributed by atoms with Crippen LogP contribution >= 0.6 is 11.6 Å². The molecule has 0 aliphatic carbocycles. The third-order valence-electron chi connectivity index (χ3n) is 2.48. The molecule has 0 atom stereocenters. The molecule has 0 radical (unpaired) electrons. The zero-order valence-electron chi connectivity index (χ0n) is 10.5. The summed E-state index contributed by atoms with van der Waals surface area (Å²) in [5, 5.41) is -0.725. The fraction of sp³-hybridized carbons (Fsp3) is 0.231. The van der Waals surface area contributed by atoms with E-state index >= 15 is 0 Å². The molecular formula is C13H9ClF2O4. The molecule has 4 nitrogen and oxygen atoms in total. The maximum atomic E-state index is 13.7. The number of halogens is 3. The molecule has 106 valence electrons. The Morgan fingerprint density at radius 2 is 1.70 bits per heavy atom. The lowest BCUT2D eigenvalue weighted by atomic mass is 10.1. The highest BCUT2D eigenvalue weighted by Gasteiger charge is 2.39. The Labute approximate surface area is 117 Å². The van der Waals surface area contributed by atoms with E-state index in [1.807, 2.05) is 0 Å². The highest BCUT2D eigenvalue weighted by molar-refractivity contribution is 6.31. The van der Waals surface area contributed by atoms with E-state index < -0.39 is 40.0 Å². The Kier molecular flexibility index (Phi) is 3.52. The molecule has 0 N–H and O–H groups in total. The molecule has 2 rings (SSSR count). The van der Waals surface area contributed by atoms with Gasteiger partial charge in [0.1, 0.15) is 16.4 Å². The molecule has 1 aliphatic heterocycles. The van der Waals surface area contributed by atoms with E-state index in [1.54, 1.807) is 0 Å².